The predicted octanol–water partition coefficient (Wildman–Crippen LogP) is -1.37. The molecule has 1 heterocycles. The number of rotatable bonds is 0. The van der Waals surface area contributed by atoms with Crippen molar-refractivity contribution >= 4 is 0 Å². The summed E-state index contributed by atoms with van der Waals surface area (Å²) in [7, 11) is 1.71. The number of nitrogens with zero attached hydrogens (tertiary/aromatic N) is 1. The highest BCUT2D eigenvalue weighted by Gasteiger charge is 2.14. The molecular weight excluding hydrogens is 120 g/mol. The van der Waals surface area contributed by atoms with E-state index in [1.165, 1.54) is 0 Å². The van der Waals surface area contributed by atoms with Crippen molar-refractivity contribution in [3.05, 3.63) is 12.3 Å². The second-order valence-corrected chi connectivity index (χ2v) is 1.99. The molecule has 0 aromatic heterocycles. The van der Waals surface area contributed by atoms with Crippen LogP contribution in [0.2, 0.25) is 0 Å². The first-order valence-corrected chi connectivity index (χ1v) is 2.72. The summed E-state index contributed by atoms with van der Waals surface area (Å²) in [5, 5.41) is 20.2. The smallest absolute Gasteiger partial charge is 0.185 e. The van der Waals surface area contributed by atoms with Gasteiger partial charge in [-0.1, -0.05) is 0 Å². The van der Waals surface area contributed by atoms with Crippen LogP contribution in [0.3, 0.4) is 0 Å². The van der Waals surface area contributed by atoms with Crippen LogP contribution in [-0.2, 0) is 0 Å². The van der Waals surface area contributed by atoms with Crippen LogP contribution in [0.25, 0.3) is 0 Å². The fourth-order valence-electron chi connectivity index (χ4n) is 0.625. The van der Waals surface area contributed by atoms with E-state index >= 15 is 0 Å². The van der Waals surface area contributed by atoms with Crippen molar-refractivity contribution in [3.8, 4) is 0 Å². The van der Waals surface area contributed by atoms with Crippen molar-refractivity contribution in [2.45, 2.75) is 12.6 Å². The van der Waals surface area contributed by atoms with Crippen molar-refractivity contribution < 1.29 is 10.2 Å². The van der Waals surface area contributed by atoms with Crippen molar-refractivity contribution in [3.63, 3.8) is 0 Å². The Hall–Kier alpha value is -0.580. The summed E-state index contributed by atoms with van der Waals surface area (Å²) >= 11 is 0. The SMILES string of the molecule is CN1C=CC(O)NC1O. The molecule has 1 aliphatic heterocycles. The Kier molecular flexibility index (Phi) is 1.70. The van der Waals surface area contributed by atoms with Gasteiger partial charge in [0.05, 0.1) is 0 Å². The summed E-state index contributed by atoms with van der Waals surface area (Å²) in [4.78, 5) is 1.55. The van der Waals surface area contributed by atoms with Crippen molar-refractivity contribution in [2.24, 2.45) is 0 Å². The maximum Gasteiger partial charge on any atom is 0.185 e. The lowest BCUT2D eigenvalue weighted by Crippen LogP contribution is -2.48. The molecule has 0 bridgehead atoms. The average molecular weight is 130 g/mol. The molecule has 1 rings (SSSR count). The Balaban J connectivity index is 2.54. The van der Waals surface area contributed by atoms with Crippen molar-refractivity contribution in [2.75, 3.05) is 7.05 Å². The van der Waals surface area contributed by atoms with Gasteiger partial charge in [-0.25, -0.2) is 5.32 Å². The highest BCUT2D eigenvalue weighted by atomic mass is 16.3. The van der Waals surface area contributed by atoms with Gasteiger partial charge in [0.15, 0.2) is 6.35 Å². The minimum absolute atomic E-state index is 0.726. The van der Waals surface area contributed by atoms with E-state index < -0.39 is 12.6 Å². The van der Waals surface area contributed by atoms with E-state index in [9.17, 15) is 0 Å². The summed E-state index contributed by atoms with van der Waals surface area (Å²) in [5.41, 5.74) is 0. The van der Waals surface area contributed by atoms with Gasteiger partial charge in [-0.05, 0) is 6.08 Å². The van der Waals surface area contributed by atoms with Crippen LogP contribution < -0.4 is 5.32 Å². The van der Waals surface area contributed by atoms with E-state index in [0.717, 1.165) is 0 Å². The van der Waals surface area contributed by atoms with Crippen LogP contribution >= 0.6 is 0 Å². The third kappa shape index (κ3) is 1.41. The van der Waals surface area contributed by atoms with E-state index in [0.29, 0.717) is 0 Å². The Bertz CT molecular complexity index is 126. The maximum atomic E-state index is 8.95. The zero-order chi connectivity index (χ0) is 6.85. The molecule has 1 aliphatic rings. The molecule has 2 unspecified atom stereocenters. The Morgan fingerprint density at radius 1 is 1.56 bits per heavy atom. The van der Waals surface area contributed by atoms with Gasteiger partial charge in [-0.2, -0.15) is 0 Å². The van der Waals surface area contributed by atoms with Gasteiger partial charge in [-0.3, -0.25) is 0 Å². The third-order valence-corrected chi connectivity index (χ3v) is 1.21. The van der Waals surface area contributed by atoms with Crippen LogP contribution in [-0.4, -0.2) is 34.7 Å². The van der Waals surface area contributed by atoms with E-state index in [2.05, 4.69) is 5.32 Å². The van der Waals surface area contributed by atoms with Crippen molar-refractivity contribution in [1.29, 1.82) is 0 Å². The summed E-state index contributed by atoms with van der Waals surface area (Å²) in [5.74, 6) is 0. The number of aliphatic hydroxyl groups excluding tert-OH is 2. The lowest BCUT2D eigenvalue weighted by atomic mass is 10.4. The molecule has 0 fully saturated rings. The van der Waals surface area contributed by atoms with Crippen molar-refractivity contribution in [1.82, 2.24) is 10.2 Å². The molecule has 0 saturated carbocycles. The normalized spacial score (nSPS) is 35.2. The van der Waals surface area contributed by atoms with Gasteiger partial charge in [0, 0.05) is 13.2 Å². The quantitative estimate of drug-likeness (QED) is 0.378. The van der Waals surface area contributed by atoms with E-state index in [4.69, 9.17) is 10.2 Å². The molecule has 4 nitrogen and oxygen atoms in total. The minimum Gasteiger partial charge on any atom is -0.375 e. The second-order valence-electron chi connectivity index (χ2n) is 1.99. The zero-order valence-electron chi connectivity index (χ0n) is 5.15. The van der Waals surface area contributed by atoms with Gasteiger partial charge >= 0.3 is 0 Å². The second kappa shape index (κ2) is 2.34. The monoisotopic (exact) mass is 130 g/mol. The molecule has 0 aliphatic carbocycles. The van der Waals surface area contributed by atoms with Gasteiger partial charge < -0.3 is 15.1 Å². The fraction of sp³-hybridized carbons (Fsp3) is 0.600. The number of nitrogens with one attached hydrogen (secondary N) is 1. The molecule has 9 heavy (non-hydrogen) atoms. The Labute approximate surface area is 53.4 Å². The number of hydrogen-bond acceptors (Lipinski definition) is 4. The number of aliphatic hydroxyl groups is 2. The standard InChI is InChI=1S/C5H10N2O2/c1-7-3-2-4(8)6-5(7)9/h2-6,8-9H,1H3. The molecule has 0 aromatic carbocycles. The molecule has 0 aromatic rings. The van der Waals surface area contributed by atoms with Crippen LogP contribution in [0.1, 0.15) is 0 Å². The molecule has 2 atom stereocenters. The van der Waals surface area contributed by atoms with Gasteiger partial charge in [0.25, 0.3) is 0 Å². The van der Waals surface area contributed by atoms with E-state index in [-0.39, 0.29) is 0 Å². The molecule has 0 spiro atoms. The molecule has 0 radical (unpaired) electrons. The van der Waals surface area contributed by atoms with Gasteiger partial charge in [0.2, 0.25) is 0 Å². The van der Waals surface area contributed by atoms with E-state index in [1.807, 2.05) is 0 Å². The molecule has 52 valence electrons. The average Bonchev–Trinajstić information content (AvgIpc) is 1.80. The van der Waals surface area contributed by atoms with E-state index in [1.54, 1.807) is 24.2 Å². The van der Waals surface area contributed by atoms with Crippen LogP contribution in [0.15, 0.2) is 12.3 Å². The van der Waals surface area contributed by atoms with Gasteiger partial charge in [-0.15, -0.1) is 0 Å². The van der Waals surface area contributed by atoms with Gasteiger partial charge in [0.1, 0.15) is 6.23 Å². The summed E-state index contributed by atoms with van der Waals surface area (Å²) in [6.45, 7) is 0. The Morgan fingerprint density at radius 3 is 2.67 bits per heavy atom. The third-order valence-electron chi connectivity index (χ3n) is 1.21. The highest BCUT2D eigenvalue weighted by Crippen LogP contribution is 1.98. The minimum atomic E-state index is -0.773. The predicted molar refractivity (Wildman–Crippen MR) is 32.1 cm³/mol. The summed E-state index contributed by atoms with van der Waals surface area (Å²) < 4.78 is 0. The molecule has 0 saturated heterocycles. The number of hydrogen-bond donors (Lipinski definition) is 3. The lowest BCUT2D eigenvalue weighted by molar-refractivity contribution is -0.0260. The topological polar surface area (TPSA) is 55.7 Å². The largest absolute Gasteiger partial charge is 0.375 e. The summed E-state index contributed by atoms with van der Waals surface area (Å²) in [6.07, 6.45) is 1.67. The first-order valence-electron chi connectivity index (χ1n) is 2.72. The fourth-order valence-corrected chi connectivity index (χ4v) is 0.625. The lowest BCUT2D eigenvalue weighted by Gasteiger charge is -2.28. The highest BCUT2D eigenvalue weighted by molar-refractivity contribution is 4.91. The molecule has 0 amide bonds. The van der Waals surface area contributed by atoms with Crippen LogP contribution in [0.4, 0.5) is 0 Å². The van der Waals surface area contributed by atoms with Crippen LogP contribution in [0.5, 0.6) is 0 Å². The maximum absolute atomic E-state index is 8.95. The van der Waals surface area contributed by atoms with Crippen LogP contribution in [0, 0.1) is 0 Å². The molecule has 4 heteroatoms. The Morgan fingerprint density at radius 2 is 2.22 bits per heavy atom. The molecular formula is C5H10N2O2. The summed E-state index contributed by atoms with van der Waals surface area (Å²) in [6, 6.07) is 0. The first kappa shape index (κ1) is 6.54. The molecule has 3 N–H and O–H groups in total. The first-order chi connectivity index (χ1) is 4.20. The zero-order valence-corrected chi connectivity index (χ0v) is 5.15.